The molecule has 0 atom stereocenters. The molecule has 2 aliphatic rings. The normalized spacial score (nSPS) is 16.2. The van der Waals surface area contributed by atoms with E-state index in [2.05, 4.69) is 25.4 Å². The highest BCUT2D eigenvalue weighted by Gasteiger charge is 2.29. The van der Waals surface area contributed by atoms with Gasteiger partial charge in [0.1, 0.15) is 30.3 Å². The summed E-state index contributed by atoms with van der Waals surface area (Å²) >= 11 is 6.24. The molecule has 0 saturated carbocycles. The van der Waals surface area contributed by atoms with E-state index in [1.165, 1.54) is 22.9 Å². The van der Waals surface area contributed by atoms with Crippen LogP contribution in [0.25, 0.3) is 16.9 Å². The second-order valence-electron chi connectivity index (χ2n) is 11.0. The number of hydrogen-bond acceptors (Lipinski definition) is 10. The number of alkyl halides is 2. The predicted octanol–water partition coefficient (Wildman–Crippen LogP) is 3.71. The fourth-order valence-corrected chi connectivity index (χ4v) is 5.73. The number of hydrogen-bond donors (Lipinski definition) is 1. The van der Waals surface area contributed by atoms with Gasteiger partial charge in [-0.05, 0) is 37.1 Å². The maximum absolute atomic E-state index is 13.4. The van der Waals surface area contributed by atoms with Gasteiger partial charge in [0.2, 0.25) is 5.91 Å². The molecule has 1 amide bonds. The maximum atomic E-state index is 13.4. The standard InChI is InChI=1S/C30H33ClF2N8O5/c31-21-2-3-25(46-30(32)33)22(16-21)27-24(36-23-17-35-41-7-1-6-34-28(23)41)18-40(37-27)19-26(42)39-8-4-20(5-9-39)29(43)45-15-12-38-10-13-44-14-11-38/h1-3,6-7,16-18,20,30,36H,4-5,8-15,19H2. The van der Waals surface area contributed by atoms with Crippen molar-refractivity contribution in [3.05, 3.63) is 54.1 Å². The summed E-state index contributed by atoms with van der Waals surface area (Å²) in [6.07, 6.45) is 7.52. The summed E-state index contributed by atoms with van der Waals surface area (Å²) in [6, 6.07) is 5.98. The van der Waals surface area contributed by atoms with Crippen molar-refractivity contribution in [1.29, 1.82) is 0 Å². The summed E-state index contributed by atoms with van der Waals surface area (Å²) in [5.74, 6) is -0.835. The molecule has 244 valence electrons. The number of morpholine rings is 1. The Morgan fingerprint density at radius 2 is 1.93 bits per heavy atom. The second-order valence-corrected chi connectivity index (χ2v) is 11.4. The van der Waals surface area contributed by atoms with Gasteiger partial charge in [0.25, 0.3) is 0 Å². The number of halogens is 3. The molecule has 6 rings (SSSR count). The Bertz CT molecular complexity index is 1670. The minimum Gasteiger partial charge on any atom is -0.464 e. The average molecular weight is 659 g/mol. The molecule has 5 heterocycles. The number of carbonyl (C=O) groups excluding carboxylic acids is 2. The Hall–Kier alpha value is -4.34. The third-order valence-corrected chi connectivity index (χ3v) is 8.19. The minimum absolute atomic E-state index is 0.123. The topological polar surface area (TPSA) is 128 Å². The highest BCUT2D eigenvalue weighted by Crippen LogP contribution is 2.38. The molecule has 0 bridgehead atoms. The molecular weight excluding hydrogens is 626 g/mol. The van der Waals surface area contributed by atoms with Crippen molar-refractivity contribution >= 4 is 40.5 Å². The Morgan fingerprint density at radius 1 is 1.13 bits per heavy atom. The van der Waals surface area contributed by atoms with Gasteiger partial charge in [-0.2, -0.15) is 19.0 Å². The fourth-order valence-electron chi connectivity index (χ4n) is 5.56. The average Bonchev–Trinajstić information content (AvgIpc) is 3.66. The quantitative estimate of drug-likeness (QED) is 0.238. The molecule has 2 fully saturated rings. The van der Waals surface area contributed by atoms with Crippen molar-refractivity contribution in [3.63, 3.8) is 0 Å². The van der Waals surface area contributed by atoms with Crippen LogP contribution in [0.5, 0.6) is 5.75 Å². The number of fused-ring (bicyclic) bond motifs is 1. The van der Waals surface area contributed by atoms with E-state index in [1.807, 2.05) is 0 Å². The summed E-state index contributed by atoms with van der Waals surface area (Å²) in [6.45, 7) is 1.64. The number of carbonyl (C=O) groups is 2. The van der Waals surface area contributed by atoms with Crippen LogP contribution in [-0.4, -0.2) is 105 Å². The summed E-state index contributed by atoms with van der Waals surface area (Å²) in [5.41, 5.74) is 1.90. The molecule has 0 spiro atoms. The summed E-state index contributed by atoms with van der Waals surface area (Å²) in [5, 5.41) is 12.4. The number of esters is 1. The number of piperidine rings is 1. The second kappa shape index (κ2) is 14.4. The van der Waals surface area contributed by atoms with Crippen LogP contribution in [0.3, 0.4) is 0 Å². The third-order valence-electron chi connectivity index (χ3n) is 7.96. The number of benzene rings is 1. The van der Waals surface area contributed by atoms with Crippen LogP contribution in [0.15, 0.2) is 49.1 Å². The van der Waals surface area contributed by atoms with E-state index in [0.29, 0.717) is 69.3 Å². The number of likely N-dealkylation sites (tertiary alicyclic amines) is 1. The highest BCUT2D eigenvalue weighted by atomic mass is 35.5. The number of aromatic nitrogens is 5. The van der Waals surface area contributed by atoms with Gasteiger partial charge in [0.05, 0.1) is 31.0 Å². The lowest BCUT2D eigenvalue weighted by Gasteiger charge is -2.31. The van der Waals surface area contributed by atoms with Crippen molar-refractivity contribution in [1.82, 2.24) is 34.2 Å². The molecule has 0 radical (unpaired) electrons. The van der Waals surface area contributed by atoms with E-state index < -0.39 is 6.61 Å². The zero-order chi connectivity index (χ0) is 32.0. The number of amides is 1. The molecule has 3 aromatic heterocycles. The molecule has 0 aliphatic carbocycles. The maximum Gasteiger partial charge on any atom is 0.387 e. The van der Waals surface area contributed by atoms with E-state index in [0.717, 1.165) is 13.1 Å². The van der Waals surface area contributed by atoms with Gasteiger partial charge in [-0.25, -0.2) is 9.50 Å². The SMILES string of the molecule is O=C(OCCN1CCOCC1)C1CCN(C(=O)Cn2cc(Nc3cnn4cccnc34)c(-c3cc(Cl)ccc3OC(F)F)n2)CC1. The Balaban J connectivity index is 1.14. The van der Waals surface area contributed by atoms with Gasteiger partial charge in [-0.1, -0.05) is 11.6 Å². The lowest BCUT2D eigenvalue weighted by Crippen LogP contribution is -2.42. The summed E-state index contributed by atoms with van der Waals surface area (Å²) in [4.78, 5) is 34.2. The van der Waals surface area contributed by atoms with E-state index in [-0.39, 0.29) is 46.4 Å². The molecule has 1 N–H and O–H groups in total. The number of nitrogens with zero attached hydrogens (tertiary/aromatic N) is 7. The zero-order valence-corrected chi connectivity index (χ0v) is 25.6. The largest absolute Gasteiger partial charge is 0.464 e. The monoisotopic (exact) mass is 658 g/mol. The Morgan fingerprint density at radius 3 is 2.72 bits per heavy atom. The van der Waals surface area contributed by atoms with Crippen molar-refractivity contribution in [2.75, 3.05) is 57.9 Å². The van der Waals surface area contributed by atoms with Crippen molar-refractivity contribution in [3.8, 4) is 17.0 Å². The zero-order valence-electron chi connectivity index (χ0n) is 24.9. The molecule has 2 aliphatic heterocycles. The summed E-state index contributed by atoms with van der Waals surface area (Å²) < 4.78 is 45.2. The van der Waals surface area contributed by atoms with Gasteiger partial charge in [-0.3, -0.25) is 19.2 Å². The first-order valence-electron chi connectivity index (χ1n) is 15.0. The van der Waals surface area contributed by atoms with Crippen LogP contribution in [0.1, 0.15) is 12.8 Å². The Kier molecular flexibility index (Phi) is 9.90. The van der Waals surface area contributed by atoms with Gasteiger partial charge < -0.3 is 24.4 Å². The smallest absolute Gasteiger partial charge is 0.387 e. The van der Waals surface area contributed by atoms with Gasteiger partial charge in [0.15, 0.2) is 5.65 Å². The molecule has 1 aromatic carbocycles. The van der Waals surface area contributed by atoms with E-state index >= 15 is 0 Å². The van der Waals surface area contributed by atoms with Crippen LogP contribution in [0.4, 0.5) is 20.2 Å². The van der Waals surface area contributed by atoms with Crippen LogP contribution < -0.4 is 10.1 Å². The number of rotatable bonds is 11. The van der Waals surface area contributed by atoms with E-state index in [9.17, 15) is 18.4 Å². The molecule has 4 aromatic rings. The molecular formula is C30H33ClF2N8O5. The predicted molar refractivity (Wildman–Crippen MR) is 163 cm³/mol. The first-order valence-corrected chi connectivity index (χ1v) is 15.3. The van der Waals surface area contributed by atoms with Crippen molar-refractivity contribution in [2.45, 2.75) is 26.0 Å². The van der Waals surface area contributed by atoms with Gasteiger partial charge in [-0.15, -0.1) is 0 Å². The van der Waals surface area contributed by atoms with Crippen LogP contribution in [0.2, 0.25) is 5.02 Å². The first kappa shape index (κ1) is 31.6. The van der Waals surface area contributed by atoms with Crippen LogP contribution >= 0.6 is 11.6 Å². The molecule has 46 heavy (non-hydrogen) atoms. The lowest BCUT2D eigenvalue weighted by molar-refractivity contribution is -0.152. The molecule has 2 saturated heterocycles. The lowest BCUT2D eigenvalue weighted by atomic mass is 9.97. The van der Waals surface area contributed by atoms with Crippen LogP contribution in [-0.2, 0) is 25.6 Å². The Labute approximate surface area is 268 Å². The minimum atomic E-state index is -3.08. The van der Waals surface area contributed by atoms with Crippen LogP contribution in [0, 0.1) is 5.92 Å². The third kappa shape index (κ3) is 7.54. The van der Waals surface area contributed by atoms with Gasteiger partial charge in [0, 0.05) is 61.9 Å². The molecule has 16 heteroatoms. The van der Waals surface area contributed by atoms with Crippen molar-refractivity contribution < 1.29 is 32.6 Å². The number of anilines is 2. The fraction of sp³-hybridized carbons (Fsp3) is 0.433. The van der Waals surface area contributed by atoms with Crippen molar-refractivity contribution in [2.24, 2.45) is 5.92 Å². The van der Waals surface area contributed by atoms with Gasteiger partial charge >= 0.3 is 12.6 Å². The van der Waals surface area contributed by atoms with E-state index in [4.69, 9.17) is 25.8 Å². The molecule has 13 nitrogen and oxygen atoms in total. The summed E-state index contributed by atoms with van der Waals surface area (Å²) in [7, 11) is 0. The van der Waals surface area contributed by atoms with E-state index in [1.54, 1.807) is 40.3 Å². The number of nitrogens with one attached hydrogen (secondary N) is 1. The highest BCUT2D eigenvalue weighted by molar-refractivity contribution is 6.31. The molecule has 0 unspecified atom stereocenters. The number of ether oxygens (including phenoxy) is 3. The first-order chi connectivity index (χ1) is 22.3.